The van der Waals surface area contributed by atoms with Crippen molar-refractivity contribution in [3.63, 3.8) is 0 Å². The number of halogens is 3. The van der Waals surface area contributed by atoms with Crippen LogP contribution in [0.5, 0.6) is 5.75 Å². The van der Waals surface area contributed by atoms with Crippen molar-refractivity contribution in [3.8, 4) is 17.0 Å². The zero-order valence-electron chi connectivity index (χ0n) is 22.6. The topological polar surface area (TPSA) is 69.2 Å². The lowest BCUT2D eigenvalue weighted by Crippen LogP contribution is -2.57. The highest BCUT2D eigenvalue weighted by Crippen LogP contribution is 2.45. The van der Waals surface area contributed by atoms with Gasteiger partial charge in [-0.05, 0) is 38.5 Å². The van der Waals surface area contributed by atoms with E-state index >= 15 is 4.39 Å². The van der Waals surface area contributed by atoms with Gasteiger partial charge in [-0.2, -0.15) is 0 Å². The number of benzene rings is 1. The summed E-state index contributed by atoms with van der Waals surface area (Å²) in [5.74, 6) is -2.31. The Bertz CT molecular complexity index is 1380. The summed E-state index contributed by atoms with van der Waals surface area (Å²) in [5.41, 5.74) is -0.807. The van der Waals surface area contributed by atoms with E-state index in [1.807, 2.05) is 18.7 Å². The van der Waals surface area contributed by atoms with Gasteiger partial charge in [-0.1, -0.05) is 18.7 Å². The van der Waals surface area contributed by atoms with E-state index in [0.717, 1.165) is 0 Å². The minimum absolute atomic E-state index is 0.00992. The molecule has 2 amide bonds. The number of amides is 2. The van der Waals surface area contributed by atoms with Gasteiger partial charge in [0, 0.05) is 56.4 Å². The summed E-state index contributed by atoms with van der Waals surface area (Å²) in [4.78, 5) is 38.3. The molecule has 3 fully saturated rings. The number of pyridine rings is 1. The molecule has 0 N–H and O–H groups in total. The monoisotopic (exact) mass is 555 g/mol. The van der Waals surface area contributed by atoms with E-state index < -0.39 is 35.3 Å². The van der Waals surface area contributed by atoms with Crippen molar-refractivity contribution in [1.82, 2.24) is 19.7 Å². The number of aromatic nitrogens is 1. The second-order valence-corrected chi connectivity index (χ2v) is 11.6. The summed E-state index contributed by atoms with van der Waals surface area (Å²) in [7, 11) is 0. The largest absolute Gasteiger partial charge is 0.487 e. The van der Waals surface area contributed by atoms with Crippen molar-refractivity contribution < 1.29 is 27.5 Å². The molecule has 212 valence electrons. The molecule has 0 saturated carbocycles. The molecule has 1 aromatic heterocycles. The van der Waals surface area contributed by atoms with E-state index in [1.165, 1.54) is 24.3 Å². The highest BCUT2D eigenvalue weighted by Gasteiger charge is 2.48. The number of rotatable bonds is 4. The van der Waals surface area contributed by atoms with Crippen LogP contribution < -0.4 is 9.64 Å². The molecule has 2 aromatic rings. The summed E-state index contributed by atoms with van der Waals surface area (Å²) in [6, 6.07) is 5.28. The molecule has 1 aromatic carbocycles. The van der Waals surface area contributed by atoms with Crippen LogP contribution in [0.2, 0.25) is 0 Å². The molecule has 0 radical (unpaired) electrons. The normalized spacial score (nSPS) is 24.6. The Hall–Kier alpha value is -3.60. The van der Waals surface area contributed by atoms with Crippen LogP contribution in [-0.4, -0.2) is 101 Å². The van der Waals surface area contributed by atoms with Gasteiger partial charge in [0.05, 0.1) is 6.04 Å². The summed E-state index contributed by atoms with van der Waals surface area (Å²) in [6.45, 7) is 9.40. The van der Waals surface area contributed by atoms with Gasteiger partial charge in [0.2, 0.25) is 5.91 Å². The molecular formula is C29H32F3N5O3. The Balaban J connectivity index is 1.47. The Morgan fingerprint density at radius 3 is 2.58 bits per heavy atom. The number of nitrogens with zero attached hydrogens (tertiary/aromatic N) is 5. The number of piperazine rings is 1. The van der Waals surface area contributed by atoms with Crippen LogP contribution in [0.25, 0.3) is 11.3 Å². The van der Waals surface area contributed by atoms with Crippen molar-refractivity contribution in [2.45, 2.75) is 44.1 Å². The quantitative estimate of drug-likeness (QED) is 0.540. The molecule has 40 heavy (non-hydrogen) atoms. The molecule has 3 saturated heterocycles. The first-order valence-electron chi connectivity index (χ1n) is 13.6. The van der Waals surface area contributed by atoms with E-state index in [1.54, 1.807) is 15.9 Å². The molecular weight excluding hydrogens is 523 g/mol. The zero-order valence-corrected chi connectivity index (χ0v) is 22.6. The second kappa shape index (κ2) is 9.79. The van der Waals surface area contributed by atoms with Gasteiger partial charge in [0.15, 0.2) is 11.6 Å². The number of hydrogen-bond acceptors (Lipinski definition) is 6. The molecule has 1 unspecified atom stereocenters. The van der Waals surface area contributed by atoms with Crippen molar-refractivity contribution in [1.29, 1.82) is 0 Å². The molecule has 4 aliphatic rings. The van der Waals surface area contributed by atoms with E-state index in [9.17, 15) is 18.4 Å². The number of fused-ring (bicyclic) bond motifs is 2. The number of alkyl halides is 1. The van der Waals surface area contributed by atoms with Crippen LogP contribution in [0.15, 0.2) is 36.9 Å². The van der Waals surface area contributed by atoms with Crippen LogP contribution in [0.1, 0.15) is 30.6 Å². The molecule has 8 nitrogen and oxygen atoms in total. The van der Waals surface area contributed by atoms with Crippen LogP contribution in [0, 0.1) is 11.6 Å². The second-order valence-electron chi connectivity index (χ2n) is 11.6. The first-order valence-corrected chi connectivity index (χ1v) is 13.6. The molecule has 11 heteroatoms. The molecule has 6 rings (SSSR count). The van der Waals surface area contributed by atoms with E-state index in [-0.39, 0.29) is 60.0 Å². The number of carbonyl (C=O) groups is 2. The van der Waals surface area contributed by atoms with Crippen molar-refractivity contribution in [2.24, 2.45) is 0 Å². The fourth-order valence-corrected chi connectivity index (χ4v) is 6.38. The predicted octanol–water partition coefficient (Wildman–Crippen LogP) is 3.27. The van der Waals surface area contributed by atoms with E-state index in [0.29, 0.717) is 32.6 Å². The van der Waals surface area contributed by atoms with Gasteiger partial charge in [0.1, 0.15) is 35.7 Å². The Kier molecular flexibility index (Phi) is 6.52. The van der Waals surface area contributed by atoms with Crippen molar-refractivity contribution in [3.05, 3.63) is 54.1 Å². The number of ether oxygens (including phenoxy) is 1. The fourth-order valence-electron chi connectivity index (χ4n) is 6.38. The molecule has 0 aliphatic carbocycles. The molecule has 5 heterocycles. The highest BCUT2D eigenvalue weighted by atomic mass is 19.1. The van der Waals surface area contributed by atoms with Crippen molar-refractivity contribution in [2.75, 3.05) is 50.8 Å². The smallest absolute Gasteiger partial charge is 0.262 e. The average molecular weight is 556 g/mol. The minimum atomic E-state index is -0.910. The minimum Gasteiger partial charge on any atom is -0.487 e. The zero-order chi connectivity index (χ0) is 28.3. The van der Waals surface area contributed by atoms with Crippen molar-refractivity contribution >= 4 is 17.6 Å². The lowest BCUT2D eigenvalue weighted by molar-refractivity contribution is -0.128. The fraction of sp³-hybridized carbons (Fsp3) is 0.483. The Morgan fingerprint density at radius 2 is 1.88 bits per heavy atom. The average Bonchev–Trinajstić information content (AvgIpc) is 3.15. The van der Waals surface area contributed by atoms with E-state index in [2.05, 4.69) is 16.5 Å². The summed E-state index contributed by atoms with van der Waals surface area (Å²) in [6.07, 6.45) is 1.05. The molecule has 0 bridgehead atoms. The molecule has 4 aliphatic heterocycles. The first kappa shape index (κ1) is 26.6. The Labute approximate surface area is 231 Å². The highest BCUT2D eigenvalue weighted by molar-refractivity contribution is 6.03. The third kappa shape index (κ3) is 4.31. The molecule has 2 atom stereocenters. The maximum Gasteiger partial charge on any atom is 0.262 e. The number of hydrogen-bond donors (Lipinski definition) is 0. The maximum atomic E-state index is 16.2. The third-order valence-corrected chi connectivity index (χ3v) is 8.56. The van der Waals surface area contributed by atoms with Gasteiger partial charge < -0.3 is 19.4 Å². The van der Waals surface area contributed by atoms with Gasteiger partial charge in [-0.25, -0.2) is 18.2 Å². The summed E-state index contributed by atoms with van der Waals surface area (Å²) < 4.78 is 50.9. The maximum absolute atomic E-state index is 16.2. The predicted molar refractivity (Wildman–Crippen MR) is 143 cm³/mol. The van der Waals surface area contributed by atoms with E-state index in [4.69, 9.17) is 4.74 Å². The van der Waals surface area contributed by atoms with Gasteiger partial charge >= 0.3 is 0 Å². The van der Waals surface area contributed by atoms with Crippen LogP contribution in [-0.2, 0) is 4.79 Å². The lowest BCUT2D eigenvalue weighted by atomic mass is 9.97. The van der Waals surface area contributed by atoms with Crippen LogP contribution >= 0.6 is 0 Å². The van der Waals surface area contributed by atoms with Crippen LogP contribution in [0.4, 0.5) is 19.0 Å². The lowest BCUT2D eigenvalue weighted by Gasteiger charge is -2.40. The summed E-state index contributed by atoms with van der Waals surface area (Å²) >= 11 is 0. The van der Waals surface area contributed by atoms with Gasteiger partial charge in [0.25, 0.3) is 5.91 Å². The molecule has 0 spiro atoms. The number of carbonyl (C=O) groups excluding carboxylic acids is 2. The Morgan fingerprint density at radius 1 is 1.12 bits per heavy atom. The summed E-state index contributed by atoms with van der Waals surface area (Å²) in [5, 5.41) is 0. The number of anilines is 1. The van der Waals surface area contributed by atoms with Crippen LogP contribution in [0.3, 0.4) is 0 Å². The third-order valence-electron chi connectivity index (χ3n) is 8.56. The SMILES string of the molecule is C=CC(=O)N1CCN2C(=O)c3c(N4CC(N5CC(F)C5)CC4(C)C)nc(-c4ccccc4F)c(F)c3OC[C@H]2C1. The van der Waals surface area contributed by atoms with Gasteiger partial charge in [-0.15, -0.1) is 0 Å². The number of likely N-dealkylation sites (tertiary alicyclic amines) is 1. The standard InChI is InChI=1S/C29H32F3N5O3/c1-4-22(38)34-9-10-36-19(14-34)16-40-26-23(28(36)39)27(33-25(24(26)32)20-7-5-6-8-21(20)31)37-15-18(11-29(37,2)3)35-12-17(30)13-35/h4-8,17-19H,1,9-16H2,2-3H3/t18?,19-/m1/s1. The van der Waals surface area contributed by atoms with Gasteiger partial charge in [-0.3, -0.25) is 14.5 Å². The first-order chi connectivity index (χ1) is 19.1.